The SMILES string of the molecule is NCc1ccc(C(=O)NCC2Cc3ccccc3O2)o1. The number of ether oxygens (including phenoxy) is 1. The van der Waals surface area contributed by atoms with Crippen molar-refractivity contribution >= 4 is 5.91 Å². The van der Waals surface area contributed by atoms with Crippen molar-refractivity contribution in [3.63, 3.8) is 0 Å². The Morgan fingerprint density at radius 1 is 1.30 bits per heavy atom. The van der Waals surface area contributed by atoms with Gasteiger partial charge in [-0.05, 0) is 23.8 Å². The van der Waals surface area contributed by atoms with Gasteiger partial charge in [0.25, 0.3) is 5.91 Å². The minimum absolute atomic E-state index is 0.0275. The molecule has 0 saturated carbocycles. The molecule has 1 aliphatic rings. The van der Waals surface area contributed by atoms with Crippen LogP contribution in [0.1, 0.15) is 21.9 Å². The van der Waals surface area contributed by atoms with Crippen molar-refractivity contribution in [1.29, 1.82) is 0 Å². The third-order valence-corrected chi connectivity index (χ3v) is 3.29. The molecule has 2 heterocycles. The van der Waals surface area contributed by atoms with E-state index < -0.39 is 0 Å². The number of carbonyl (C=O) groups excluding carboxylic acids is 1. The zero-order valence-electron chi connectivity index (χ0n) is 11.0. The Morgan fingerprint density at radius 3 is 2.90 bits per heavy atom. The number of fused-ring (bicyclic) bond motifs is 1. The Kier molecular flexibility index (Phi) is 3.43. The fourth-order valence-electron chi connectivity index (χ4n) is 2.27. The van der Waals surface area contributed by atoms with E-state index in [9.17, 15) is 4.79 Å². The van der Waals surface area contributed by atoms with E-state index >= 15 is 0 Å². The van der Waals surface area contributed by atoms with Gasteiger partial charge in [-0.3, -0.25) is 4.79 Å². The molecule has 0 radical (unpaired) electrons. The summed E-state index contributed by atoms with van der Waals surface area (Å²) in [7, 11) is 0. The van der Waals surface area contributed by atoms with Crippen LogP contribution in [-0.2, 0) is 13.0 Å². The second-order valence-corrected chi connectivity index (χ2v) is 4.73. The molecule has 20 heavy (non-hydrogen) atoms. The van der Waals surface area contributed by atoms with E-state index in [2.05, 4.69) is 5.32 Å². The van der Waals surface area contributed by atoms with Gasteiger partial charge in [-0.1, -0.05) is 18.2 Å². The fraction of sp³-hybridized carbons (Fsp3) is 0.267. The van der Waals surface area contributed by atoms with Gasteiger partial charge in [-0.25, -0.2) is 0 Å². The van der Waals surface area contributed by atoms with Crippen LogP contribution in [0.4, 0.5) is 0 Å². The molecule has 3 rings (SSSR count). The van der Waals surface area contributed by atoms with Crippen molar-refractivity contribution in [2.24, 2.45) is 5.73 Å². The van der Waals surface area contributed by atoms with E-state index in [0.717, 1.165) is 12.2 Å². The summed E-state index contributed by atoms with van der Waals surface area (Å²) in [5.41, 5.74) is 6.62. The summed E-state index contributed by atoms with van der Waals surface area (Å²) in [6.07, 6.45) is 0.781. The molecule has 0 fully saturated rings. The molecule has 5 nitrogen and oxygen atoms in total. The summed E-state index contributed by atoms with van der Waals surface area (Å²) in [5.74, 6) is 1.53. The van der Waals surface area contributed by atoms with Gasteiger partial charge in [0.1, 0.15) is 17.6 Å². The van der Waals surface area contributed by atoms with Gasteiger partial charge in [-0.15, -0.1) is 0 Å². The van der Waals surface area contributed by atoms with Crippen LogP contribution in [0.5, 0.6) is 5.75 Å². The summed E-state index contributed by atoms with van der Waals surface area (Å²) in [5, 5.41) is 2.81. The number of benzene rings is 1. The maximum atomic E-state index is 11.9. The monoisotopic (exact) mass is 272 g/mol. The van der Waals surface area contributed by atoms with E-state index in [1.807, 2.05) is 24.3 Å². The lowest BCUT2D eigenvalue weighted by Gasteiger charge is -2.11. The quantitative estimate of drug-likeness (QED) is 0.883. The maximum absolute atomic E-state index is 11.9. The first kappa shape index (κ1) is 12.7. The number of hydrogen-bond donors (Lipinski definition) is 2. The van der Waals surface area contributed by atoms with Gasteiger partial charge in [-0.2, -0.15) is 0 Å². The number of nitrogens with two attached hydrogens (primary N) is 1. The zero-order chi connectivity index (χ0) is 13.9. The Morgan fingerprint density at radius 2 is 2.15 bits per heavy atom. The van der Waals surface area contributed by atoms with E-state index in [1.165, 1.54) is 5.56 Å². The maximum Gasteiger partial charge on any atom is 0.287 e. The minimum Gasteiger partial charge on any atom is -0.488 e. The van der Waals surface area contributed by atoms with Gasteiger partial charge in [0, 0.05) is 6.42 Å². The third kappa shape index (κ3) is 2.53. The van der Waals surface area contributed by atoms with Crippen LogP contribution in [0.2, 0.25) is 0 Å². The van der Waals surface area contributed by atoms with E-state index in [1.54, 1.807) is 12.1 Å². The third-order valence-electron chi connectivity index (χ3n) is 3.29. The van der Waals surface area contributed by atoms with Gasteiger partial charge in [0.15, 0.2) is 5.76 Å². The molecule has 1 aliphatic heterocycles. The van der Waals surface area contributed by atoms with Gasteiger partial charge in [0.05, 0.1) is 13.1 Å². The molecule has 1 unspecified atom stereocenters. The topological polar surface area (TPSA) is 77.5 Å². The smallest absolute Gasteiger partial charge is 0.287 e. The highest BCUT2D eigenvalue weighted by Crippen LogP contribution is 2.27. The molecule has 0 bridgehead atoms. The van der Waals surface area contributed by atoms with Crippen LogP contribution in [0.15, 0.2) is 40.8 Å². The van der Waals surface area contributed by atoms with Crippen molar-refractivity contribution in [1.82, 2.24) is 5.32 Å². The number of para-hydroxylation sites is 1. The van der Waals surface area contributed by atoms with Gasteiger partial charge < -0.3 is 20.2 Å². The van der Waals surface area contributed by atoms with Crippen LogP contribution in [-0.4, -0.2) is 18.6 Å². The molecule has 1 amide bonds. The first-order chi connectivity index (χ1) is 9.76. The predicted octanol–water partition coefficient (Wildman–Crippen LogP) is 1.47. The summed E-state index contributed by atoms with van der Waals surface area (Å²) in [6.45, 7) is 0.737. The average molecular weight is 272 g/mol. The van der Waals surface area contributed by atoms with Crippen LogP contribution in [0, 0.1) is 0 Å². The molecular weight excluding hydrogens is 256 g/mol. The molecule has 104 valence electrons. The molecule has 0 aliphatic carbocycles. The molecular formula is C15H16N2O3. The second-order valence-electron chi connectivity index (χ2n) is 4.73. The number of amides is 1. The molecule has 5 heteroatoms. The van der Waals surface area contributed by atoms with Crippen LogP contribution in [0.25, 0.3) is 0 Å². The summed E-state index contributed by atoms with van der Waals surface area (Å²) in [4.78, 5) is 11.9. The second kappa shape index (κ2) is 5.38. The Labute approximate surface area is 116 Å². The van der Waals surface area contributed by atoms with Crippen LogP contribution < -0.4 is 15.8 Å². The van der Waals surface area contributed by atoms with E-state index in [4.69, 9.17) is 14.9 Å². The first-order valence-corrected chi connectivity index (χ1v) is 6.58. The predicted molar refractivity (Wildman–Crippen MR) is 73.5 cm³/mol. The number of rotatable bonds is 4. The highest BCUT2D eigenvalue weighted by molar-refractivity contribution is 5.91. The van der Waals surface area contributed by atoms with Crippen LogP contribution in [0.3, 0.4) is 0 Å². The number of nitrogens with one attached hydrogen (secondary N) is 1. The molecule has 3 N–H and O–H groups in total. The Balaban J connectivity index is 1.55. The first-order valence-electron chi connectivity index (χ1n) is 6.58. The molecule has 1 aromatic heterocycles. The summed E-state index contributed by atoms with van der Waals surface area (Å²) in [6, 6.07) is 11.2. The molecule has 1 aromatic carbocycles. The Hall–Kier alpha value is -2.27. The highest BCUT2D eigenvalue weighted by Gasteiger charge is 2.23. The van der Waals surface area contributed by atoms with Gasteiger partial charge in [0.2, 0.25) is 0 Å². The lowest BCUT2D eigenvalue weighted by molar-refractivity contribution is 0.0904. The lowest BCUT2D eigenvalue weighted by atomic mass is 10.1. The average Bonchev–Trinajstić information content (AvgIpc) is 3.10. The van der Waals surface area contributed by atoms with Crippen molar-refractivity contribution in [3.05, 3.63) is 53.5 Å². The summed E-state index contributed by atoms with van der Waals surface area (Å²) < 4.78 is 11.0. The lowest BCUT2D eigenvalue weighted by Crippen LogP contribution is -2.34. The van der Waals surface area contributed by atoms with Gasteiger partial charge >= 0.3 is 0 Å². The largest absolute Gasteiger partial charge is 0.488 e. The number of carbonyl (C=O) groups is 1. The summed E-state index contributed by atoms with van der Waals surface area (Å²) >= 11 is 0. The molecule has 2 aromatic rings. The van der Waals surface area contributed by atoms with E-state index in [0.29, 0.717) is 12.3 Å². The normalized spacial score (nSPS) is 16.6. The number of furan rings is 1. The standard InChI is InChI=1S/C15H16N2O3/c16-8-11-5-6-14(19-11)15(18)17-9-12-7-10-3-1-2-4-13(10)20-12/h1-6,12H,7-9,16H2,(H,17,18). The van der Waals surface area contributed by atoms with Crippen molar-refractivity contribution < 1.29 is 13.9 Å². The van der Waals surface area contributed by atoms with Crippen molar-refractivity contribution in [3.8, 4) is 5.75 Å². The van der Waals surface area contributed by atoms with Crippen molar-refractivity contribution in [2.45, 2.75) is 19.1 Å². The molecule has 0 saturated heterocycles. The fourth-order valence-corrected chi connectivity index (χ4v) is 2.27. The minimum atomic E-state index is -0.246. The highest BCUT2D eigenvalue weighted by atomic mass is 16.5. The zero-order valence-corrected chi connectivity index (χ0v) is 11.0. The Bertz CT molecular complexity index is 596. The van der Waals surface area contributed by atoms with E-state index in [-0.39, 0.29) is 24.3 Å². The van der Waals surface area contributed by atoms with Crippen LogP contribution >= 0.6 is 0 Å². The molecule has 1 atom stereocenters. The van der Waals surface area contributed by atoms with Crippen molar-refractivity contribution in [2.75, 3.05) is 6.54 Å². The number of hydrogen-bond acceptors (Lipinski definition) is 4. The molecule has 0 spiro atoms.